The number of nitrogens with zero attached hydrogens (tertiary/aromatic N) is 3. The number of nitrogens with two attached hydrogens (primary N) is 1. The van der Waals surface area contributed by atoms with Crippen LogP contribution in [-0.4, -0.2) is 9.78 Å². The van der Waals surface area contributed by atoms with Gasteiger partial charge in [-0.25, -0.2) is 4.85 Å². The van der Waals surface area contributed by atoms with E-state index in [9.17, 15) is 0 Å². The average molecular weight is 150 g/mol. The summed E-state index contributed by atoms with van der Waals surface area (Å²) in [7, 11) is 0. The number of hydrogen-bond donors (Lipinski definition) is 1. The highest BCUT2D eigenvalue weighted by Gasteiger charge is 2.08. The predicted octanol–water partition coefficient (Wildman–Crippen LogP) is 1.60. The fourth-order valence-electron chi connectivity index (χ4n) is 0.860. The Labute approximate surface area is 65.4 Å². The van der Waals surface area contributed by atoms with Crippen LogP contribution in [0.5, 0.6) is 0 Å². The third-order valence-corrected chi connectivity index (χ3v) is 1.42. The van der Waals surface area contributed by atoms with Crippen molar-refractivity contribution >= 4 is 11.5 Å². The van der Waals surface area contributed by atoms with E-state index in [2.05, 4.69) is 9.94 Å². The minimum atomic E-state index is 0.213. The van der Waals surface area contributed by atoms with E-state index in [1.165, 1.54) is 6.20 Å². The minimum Gasteiger partial charge on any atom is -0.393 e. The second-order valence-corrected chi connectivity index (χ2v) is 2.57. The molecule has 1 rings (SSSR count). The molecule has 0 aliphatic carbocycles. The zero-order valence-electron chi connectivity index (χ0n) is 6.57. The Morgan fingerprint density at radius 1 is 1.73 bits per heavy atom. The smallest absolute Gasteiger partial charge is 0.247 e. The molecule has 0 radical (unpaired) electrons. The summed E-state index contributed by atoms with van der Waals surface area (Å²) < 4.78 is 1.63. The third-order valence-electron chi connectivity index (χ3n) is 1.42. The molecule has 0 aliphatic rings. The lowest BCUT2D eigenvalue weighted by Gasteiger charge is -2.06. The molecule has 0 fully saturated rings. The van der Waals surface area contributed by atoms with Crippen molar-refractivity contribution in [1.29, 1.82) is 0 Å². The van der Waals surface area contributed by atoms with E-state index in [0.29, 0.717) is 11.5 Å². The average Bonchev–Trinajstić information content (AvgIpc) is 2.30. The lowest BCUT2D eigenvalue weighted by molar-refractivity contribution is 0.541. The maximum atomic E-state index is 6.73. The van der Waals surface area contributed by atoms with E-state index < -0.39 is 0 Å². The van der Waals surface area contributed by atoms with Gasteiger partial charge >= 0.3 is 0 Å². The molecule has 1 heterocycles. The molecule has 1 aromatic rings. The molecule has 1 aromatic heterocycles. The van der Waals surface area contributed by atoms with Crippen LogP contribution in [0.15, 0.2) is 6.20 Å². The largest absolute Gasteiger partial charge is 0.393 e. The van der Waals surface area contributed by atoms with Crippen LogP contribution in [0.25, 0.3) is 4.85 Å². The Hall–Kier alpha value is -1.50. The van der Waals surface area contributed by atoms with Gasteiger partial charge in [0.2, 0.25) is 5.69 Å². The van der Waals surface area contributed by atoms with Gasteiger partial charge in [-0.2, -0.15) is 5.10 Å². The molecule has 0 bridgehead atoms. The maximum Gasteiger partial charge on any atom is 0.247 e. The zero-order chi connectivity index (χ0) is 8.43. The Bertz CT molecular complexity index is 292. The van der Waals surface area contributed by atoms with Crippen molar-refractivity contribution in [3.63, 3.8) is 0 Å². The molecular formula is C7H10N4. The Kier molecular flexibility index (Phi) is 1.81. The van der Waals surface area contributed by atoms with Crippen LogP contribution in [0.3, 0.4) is 0 Å². The summed E-state index contributed by atoms with van der Waals surface area (Å²) in [6.07, 6.45) is 1.49. The molecule has 0 aliphatic heterocycles. The number of hydrogen-bond acceptors (Lipinski definition) is 2. The zero-order valence-corrected chi connectivity index (χ0v) is 6.57. The highest BCUT2D eigenvalue weighted by atomic mass is 15.3. The summed E-state index contributed by atoms with van der Waals surface area (Å²) in [5.74, 6) is 0.454. The van der Waals surface area contributed by atoms with Crippen LogP contribution < -0.4 is 5.73 Å². The molecule has 0 aromatic carbocycles. The SMILES string of the molecule is [C-]#[N+]c1cnn(C(C)C)c1N. The summed E-state index contributed by atoms with van der Waals surface area (Å²) in [6.45, 7) is 10.7. The second kappa shape index (κ2) is 2.62. The molecule has 0 spiro atoms. The molecule has 4 nitrogen and oxygen atoms in total. The first kappa shape index (κ1) is 7.61. The molecule has 2 N–H and O–H groups in total. The first-order valence-electron chi connectivity index (χ1n) is 3.37. The third kappa shape index (κ3) is 1.17. The first-order valence-corrected chi connectivity index (χ1v) is 3.37. The van der Waals surface area contributed by atoms with Crippen molar-refractivity contribution in [3.05, 3.63) is 17.6 Å². The quantitative estimate of drug-likeness (QED) is 0.618. The first-order chi connectivity index (χ1) is 5.16. The van der Waals surface area contributed by atoms with E-state index in [4.69, 9.17) is 12.3 Å². The fraction of sp³-hybridized carbons (Fsp3) is 0.429. The number of nitrogen functional groups attached to an aromatic ring is 1. The standard InChI is InChI=1S/C7H10N4/c1-5(2)11-7(8)6(9-3)4-10-11/h4-5H,8H2,1-2H3. The summed E-state index contributed by atoms with van der Waals surface area (Å²) in [6, 6.07) is 0.213. The van der Waals surface area contributed by atoms with Crippen molar-refractivity contribution in [3.8, 4) is 0 Å². The maximum absolute atomic E-state index is 6.73. The van der Waals surface area contributed by atoms with Crippen LogP contribution in [0, 0.1) is 6.57 Å². The molecule has 0 unspecified atom stereocenters. The van der Waals surface area contributed by atoms with Gasteiger partial charge in [-0.3, -0.25) is 4.68 Å². The van der Waals surface area contributed by atoms with Gasteiger partial charge in [0.25, 0.3) is 0 Å². The summed E-state index contributed by atoms with van der Waals surface area (Å²) in [5, 5.41) is 3.96. The summed E-state index contributed by atoms with van der Waals surface area (Å²) in [5.41, 5.74) is 6.03. The highest BCUT2D eigenvalue weighted by molar-refractivity contribution is 5.61. The minimum absolute atomic E-state index is 0.213. The highest BCUT2D eigenvalue weighted by Crippen LogP contribution is 2.23. The number of anilines is 1. The van der Waals surface area contributed by atoms with Gasteiger partial charge in [-0.1, -0.05) is 0 Å². The van der Waals surface area contributed by atoms with Gasteiger partial charge in [0.15, 0.2) is 0 Å². The molecule has 0 saturated heterocycles. The predicted molar refractivity (Wildman–Crippen MR) is 43.3 cm³/mol. The van der Waals surface area contributed by atoms with E-state index >= 15 is 0 Å². The van der Waals surface area contributed by atoms with Gasteiger partial charge in [0.1, 0.15) is 5.82 Å². The number of rotatable bonds is 1. The Morgan fingerprint density at radius 3 is 2.64 bits per heavy atom. The Morgan fingerprint density at radius 2 is 2.36 bits per heavy atom. The van der Waals surface area contributed by atoms with Gasteiger partial charge in [-0.05, 0) is 13.8 Å². The number of aromatic nitrogens is 2. The van der Waals surface area contributed by atoms with Crippen molar-refractivity contribution in [2.45, 2.75) is 19.9 Å². The molecule has 4 heteroatoms. The van der Waals surface area contributed by atoms with Gasteiger partial charge in [0.05, 0.1) is 12.8 Å². The van der Waals surface area contributed by atoms with E-state index in [1.54, 1.807) is 4.68 Å². The molecule has 58 valence electrons. The normalized spacial score (nSPS) is 10.0. The van der Waals surface area contributed by atoms with Crippen LogP contribution in [0.1, 0.15) is 19.9 Å². The van der Waals surface area contributed by atoms with Crippen molar-refractivity contribution < 1.29 is 0 Å². The molecule has 0 atom stereocenters. The van der Waals surface area contributed by atoms with Gasteiger partial charge in [-0.15, -0.1) is 0 Å². The van der Waals surface area contributed by atoms with E-state index in [0.717, 1.165) is 0 Å². The van der Waals surface area contributed by atoms with Crippen LogP contribution in [-0.2, 0) is 0 Å². The summed E-state index contributed by atoms with van der Waals surface area (Å²) >= 11 is 0. The molecule has 11 heavy (non-hydrogen) atoms. The molecule has 0 saturated carbocycles. The fourth-order valence-corrected chi connectivity index (χ4v) is 0.860. The lowest BCUT2D eigenvalue weighted by Crippen LogP contribution is -2.06. The second-order valence-electron chi connectivity index (χ2n) is 2.57. The van der Waals surface area contributed by atoms with Crippen LogP contribution in [0.2, 0.25) is 0 Å². The molecular weight excluding hydrogens is 140 g/mol. The lowest BCUT2D eigenvalue weighted by atomic mass is 10.4. The van der Waals surface area contributed by atoms with E-state index in [-0.39, 0.29) is 6.04 Å². The van der Waals surface area contributed by atoms with E-state index in [1.807, 2.05) is 13.8 Å². The van der Waals surface area contributed by atoms with Gasteiger partial charge < -0.3 is 5.73 Å². The van der Waals surface area contributed by atoms with Crippen molar-refractivity contribution in [2.24, 2.45) is 0 Å². The van der Waals surface area contributed by atoms with Crippen LogP contribution in [0.4, 0.5) is 11.5 Å². The monoisotopic (exact) mass is 150 g/mol. The summed E-state index contributed by atoms with van der Waals surface area (Å²) in [4.78, 5) is 3.21. The Balaban J connectivity index is 3.13. The van der Waals surface area contributed by atoms with Crippen molar-refractivity contribution in [1.82, 2.24) is 9.78 Å². The molecule has 0 amide bonds. The van der Waals surface area contributed by atoms with Gasteiger partial charge in [0, 0.05) is 6.04 Å². The van der Waals surface area contributed by atoms with Crippen LogP contribution >= 0.6 is 0 Å². The van der Waals surface area contributed by atoms with Crippen molar-refractivity contribution in [2.75, 3.05) is 5.73 Å². The topological polar surface area (TPSA) is 48.2 Å².